The molecule has 0 saturated carbocycles. The zero-order chi connectivity index (χ0) is 23.9. The lowest BCUT2D eigenvalue weighted by atomic mass is 10.0. The number of benzene rings is 3. The lowest BCUT2D eigenvalue weighted by Gasteiger charge is -2.29. The number of unbranched alkanes of at least 4 members (excludes halogenated alkanes) is 2. The second kappa shape index (κ2) is 11.6. The van der Waals surface area contributed by atoms with Gasteiger partial charge in [0.1, 0.15) is 17.5 Å². The van der Waals surface area contributed by atoms with Gasteiger partial charge >= 0.3 is 0 Å². The summed E-state index contributed by atoms with van der Waals surface area (Å²) in [5.41, 5.74) is 0.884. The highest BCUT2D eigenvalue weighted by Crippen LogP contribution is 2.22. The van der Waals surface area contributed by atoms with Gasteiger partial charge in [-0.25, -0.2) is 13.2 Å². The van der Waals surface area contributed by atoms with Crippen molar-refractivity contribution in [1.82, 2.24) is 0 Å². The van der Waals surface area contributed by atoms with Gasteiger partial charge < -0.3 is 9.47 Å². The first-order valence-electron chi connectivity index (χ1n) is 11.9. The van der Waals surface area contributed by atoms with Crippen LogP contribution >= 0.6 is 0 Å². The van der Waals surface area contributed by atoms with Gasteiger partial charge in [0.25, 0.3) is 0 Å². The maximum atomic E-state index is 14.6. The molecule has 0 spiro atoms. The van der Waals surface area contributed by atoms with E-state index in [2.05, 4.69) is 18.8 Å². The van der Waals surface area contributed by atoms with Crippen LogP contribution in [0.3, 0.4) is 0 Å². The summed E-state index contributed by atoms with van der Waals surface area (Å²) in [6.45, 7) is 3.54. The summed E-state index contributed by atoms with van der Waals surface area (Å²) < 4.78 is 54.2. The number of hydrogen-bond acceptors (Lipinski definition) is 2. The maximum Gasteiger partial charge on any atom is 0.157 e. The van der Waals surface area contributed by atoms with Crippen LogP contribution in [0.1, 0.15) is 55.7 Å². The first kappa shape index (κ1) is 24.3. The van der Waals surface area contributed by atoms with Crippen LogP contribution in [0.2, 0.25) is 0 Å². The molecule has 1 saturated heterocycles. The highest BCUT2D eigenvalue weighted by molar-refractivity contribution is 5.84. The summed E-state index contributed by atoms with van der Waals surface area (Å²) in [5.74, 6) is 4.16. The van der Waals surface area contributed by atoms with Crippen LogP contribution in [0.25, 0.3) is 10.8 Å². The molecule has 34 heavy (non-hydrogen) atoms. The first-order chi connectivity index (χ1) is 16.5. The summed E-state index contributed by atoms with van der Waals surface area (Å²) in [6, 6.07) is 12.3. The maximum absolute atomic E-state index is 14.6. The van der Waals surface area contributed by atoms with Crippen LogP contribution < -0.4 is 0 Å². The van der Waals surface area contributed by atoms with E-state index in [9.17, 15) is 13.2 Å². The molecule has 0 amide bonds. The monoisotopic (exact) mass is 466 g/mol. The second-order valence-electron chi connectivity index (χ2n) is 8.89. The topological polar surface area (TPSA) is 18.5 Å². The third-order valence-electron chi connectivity index (χ3n) is 6.16. The zero-order valence-corrected chi connectivity index (χ0v) is 19.4. The van der Waals surface area contributed by atoms with E-state index in [0.717, 1.165) is 17.2 Å². The molecule has 1 heterocycles. The van der Waals surface area contributed by atoms with E-state index in [1.807, 2.05) is 0 Å². The van der Waals surface area contributed by atoms with Crippen molar-refractivity contribution in [2.75, 3.05) is 13.2 Å². The van der Waals surface area contributed by atoms with Gasteiger partial charge in [-0.2, -0.15) is 0 Å². The van der Waals surface area contributed by atoms with Gasteiger partial charge in [0.2, 0.25) is 0 Å². The Morgan fingerprint density at radius 2 is 1.53 bits per heavy atom. The van der Waals surface area contributed by atoms with Gasteiger partial charge in [0.15, 0.2) is 6.29 Å². The van der Waals surface area contributed by atoms with Crippen molar-refractivity contribution in [1.29, 1.82) is 0 Å². The third kappa shape index (κ3) is 6.40. The van der Waals surface area contributed by atoms with E-state index < -0.39 is 11.6 Å². The Morgan fingerprint density at radius 1 is 0.824 bits per heavy atom. The molecule has 0 radical (unpaired) electrons. The van der Waals surface area contributed by atoms with Crippen molar-refractivity contribution in [3.8, 4) is 11.8 Å². The van der Waals surface area contributed by atoms with E-state index in [0.29, 0.717) is 43.1 Å². The molecule has 0 unspecified atom stereocenters. The molecule has 0 aliphatic carbocycles. The average Bonchev–Trinajstić information content (AvgIpc) is 2.83. The van der Waals surface area contributed by atoms with Crippen LogP contribution in [-0.4, -0.2) is 19.5 Å². The molecule has 0 bridgehead atoms. The fourth-order valence-corrected chi connectivity index (χ4v) is 4.20. The van der Waals surface area contributed by atoms with Crippen LogP contribution in [0.5, 0.6) is 0 Å². The number of aryl methyl sites for hydroxylation is 1. The molecule has 0 aromatic heterocycles. The van der Waals surface area contributed by atoms with Gasteiger partial charge in [0.05, 0.1) is 18.8 Å². The molecular weight excluding hydrogens is 437 g/mol. The van der Waals surface area contributed by atoms with Crippen molar-refractivity contribution in [3.05, 3.63) is 82.7 Å². The van der Waals surface area contributed by atoms with Crippen LogP contribution in [0.15, 0.2) is 48.5 Å². The molecular formula is C29H29F3O2. The molecule has 1 aliphatic heterocycles. The van der Waals surface area contributed by atoms with Crippen molar-refractivity contribution < 1.29 is 22.6 Å². The Bertz CT molecular complexity index is 1160. The van der Waals surface area contributed by atoms with Crippen molar-refractivity contribution in [2.45, 2.75) is 51.7 Å². The molecule has 3 aromatic rings. The minimum Gasteiger partial charge on any atom is -0.352 e. The van der Waals surface area contributed by atoms with Gasteiger partial charge in [0, 0.05) is 17.9 Å². The van der Waals surface area contributed by atoms with Gasteiger partial charge in [-0.3, -0.25) is 0 Å². The Labute approximate surface area is 199 Å². The van der Waals surface area contributed by atoms with E-state index in [-0.39, 0.29) is 17.7 Å². The minimum atomic E-state index is -0.688. The van der Waals surface area contributed by atoms with Crippen molar-refractivity contribution >= 4 is 10.8 Å². The summed E-state index contributed by atoms with van der Waals surface area (Å²) >= 11 is 0. The highest BCUT2D eigenvalue weighted by atomic mass is 19.1. The summed E-state index contributed by atoms with van der Waals surface area (Å²) in [5, 5.41) is 1.55. The zero-order valence-electron chi connectivity index (χ0n) is 19.4. The van der Waals surface area contributed by atoms with E-state index >= 15 is 0 Å². The predicted molar refractivity (Wildman–Crippen MR) is 128 cm³/mol. The molecule has 2 nitrogen and oxygen atoms in total. The lowest BCUT2D eigenvalue weighted by molar-refractivity contribution is -0.203. The second-order valence-corrected chi connectivity index (χ2v) is 8.89. The van der Waals surface area contributed by atoms with Crippen molar-refractivity contribution in [3.63, 3.8) is 0 Å². The Balaban J connectivity index is 1.35. The van der Waals surface area contributed by atoms with Gasteiger partial charge in [-0.15, -0.1) is 0 Å². The standard InChI is InChI=1S/C29H29F3O2/c1-2-3-4-5-22-18-33-29(34-19-22)13-8-21-15-27(31)26(28(32)16-21)12-7-20-6-9-24-17-25(30)11-10-23(24)14-20/h6,9-11,14-17,22,29H,2-5,8,13,18-19H2,1H3. The van der Waals surface area contributed by atoms with Crippen LogP contribution in [0, 0.1) is 35.2 Å². The quantitative estimate of drug-likeness (QED) is 0.272. The number of fused-ring (bicyclic) bond motifs is 1. The Kier molecular flexibility index (Phi) is 8.26. The predicted octanol–water partition coefficient (Wildman–Crippen LogP) is 7.16. The largest absolute Gasteiger partial charge is 0.352 e. The Morgan fingerprint density at radius 3 is 2.26 bits per heavy atom. The summed E-state index contributed by atoms with van der Waals surface area (Å²) in [4.78, 5) is 0. The smallest absolute Gasteiger partial charge is 0.157 e. The average molecular weight is 467 g/mol. The molecule has 3 aromatic carbocycles. The number of ether oxygens (including phenoxy) is 2. The van der Waals surface area contributed by atoms with Crippen LogP contribution in [-0.2, 0) is 15.9 Å². The number of halogens is 3. The fraction of sp³-hybridized carbons (Fsp3) is 0.379. The Hall–Kier alpha value is -2.81. The molecule has 1 fully saturated rings. The fourth-order valence-electron chi connectivity index (χ4n) is 4.20. The summed E-state index contributed by atoms with van der Waals surface area (Å²) in [6.07, 6.45) is 5.37. The SMILES string of the molecule is CCCCCC1COC(CCc2cc(F)c(C#Cc3ccc4cc(F)ccc4c3)c(F)c2)OC1. The molecule has 4 rings (SSSR count). The number of hydrogen-bond donors (Lipinski definition) is 0. The molecule has 178 valence electrons. The number of rotatable bonds is 7. The van der Waals surface area contributed by atoms with Crippen molar-refractivity contribution in [2.24, 2.45) is 5.92 Å². The molecule has 5 heteroatoms. The molecule has 0 atom stereocenters. The normalized spacial score (nSPS) is 18.0. The lowest BCUT2D eigenvalue weighted by Crippen LogP contribution is -2.32. The third-order valence-corrected chi connectivity index (χ3v) is 6.16. The molecule has 0 N–H and O–H groups in total. The first-order valence-corrected chi connectivity index (χ1v) is 11.9. The minimum absolute atomic E-state index is 0.261. The summed E-state index contributed by atoms with van der Waals surface area (Å²) in [7, 11) is 0. The van der Waals surface area contributed by atoms with Crippen LogP contribution in [0.4, 0.5) is 13.2 Å². The van der Waals surface area contributed by atoms with Gasteiger partial charge in [-0.1, -0.05) is 50.2 Å². The van der Waals surface area contributed by atoms with E-state index in [1.165, 1.54) is 43.5 Å². The van der Waals surface area contributed by atoms with Gasteiger partial charge in [-0.05, 0) is 65.6 Å². The van der Waals surface area contributed by atoms with E-state index in [4.69, 9.17) is 9.47 Å². The van der Waals surface area contributed by atoms with E-state index in [1.54, 1.807) is 24.3 Å². The molecule has 1 aliphatic rings. The highest BCUT2D eigenvalue weighted by Gasteiger charge is 2.22.